The molecule has 0 bridgehead atoms. The molecule has 0 unspecified atom stereocenters. The minimum atomic E-state index is -4.87. The molecule has 8 heteroatoms. The molecule has 0 N–H and O–H groups in total. The van der Waals surface area contributed by atoms with Gasteiger partial charge >= 0.3 is 12.3 Å². The van der Waals surface area contributed by atoms with Crippen LogP contribution in [0.15, 0.2) is 36.4 Å². The SMILES string of the molecule is COC(=O)c1ccc(Cl)nc1-c1ccccc1OC(F)(F)F. The van der Waals surface area contributed by atoms with Gasteiger partial charge in [0.05, 0.1) is 18.4 Å². The molecule has 1 aromatic carbocycles. The highest BCUT2D eigenvalue weighted by atomic mass is 35.5. The zero-order chi connectivity index (χ0) is 16.3. The summed E-state index contributed by atoms with van der Waals surface area (Å²) < 4.78 is 46.0. The van der Waals surface area contributed by atoms with Crippen LogP contribution in [0.3, 0.4) is 0 Å². The molecule has 0 aliphatic heterocycles. The van der Waals surface area contributed by atoms with Crippen LogP contribution in [-0.2, 0) is 4.74 Å². The molecule has 22 heavy (non-hydrogen) atoms. The lowest BCUT2D eigenvalue weighted by atomic mass is 10.0. The smallest absolute Gasteiger partial charge is 0.465 e. The largest absolute Gasteiger partial charge is 0.573 e. The normalized spacial score (nSPS) is 11.1. The number of benzene rings is 1. The number of pyridine rings is 1. The van der Waals surface area contributed by atoms with E-state index >= 15 is 0 Å². The predicted molar refractivity (Wildman–Crippen MR) is 72.7 cm³/mol. The summed E-state index contributed by atoms with van der Waals surface area (Å²) in [6.45, 7) is 0. The van der Waals surface area contributed by atoms with Crippen molar-refractivity contribution in [2.24, 2.45) is 0 Å². The number of para-hydroxylation sites is 1. The summed E-state index contributed by atoms with van der Waals surface area (Å²) in [5, 5.41) is 0.0180. The first-order valence-corrected chi connectivity index (χ1v) is 6.29. The summed E-state index contributed by atoms with van der Waals surface area (Å²) >= 11 is 5.77. The highest BCUT2D eigenvalue weighted by Crippen LogP contribution is 2.35. The van der Waals surface area contributed by atoms with Crippen molar-refractivity contribution in [2.75, 3.05) is 7.11 Å². The minimum absolute atomic E-state index is 0.0180. The summed E-state index contributed by atoms with van der Waals surface area (Å²) in [5.41, 5.74) is -0.105. The standard InChI is InChI=1S/C14H9ClF3NO3/c1-21-13(20)9-6-7-11(15)19-12(9)8-4-2-3-5-10(8)22-14(16,17)18/h2-7H,1H3. The lowest BCUT2D eigenvalue weighted by molar-refractivity contribution is -0.274. The van der Waals surface area contributed by atoms with E-state index in [9.17, 15) is 18.0 Å². The maximum Gasteiger partial charge on any atom is 0.573 e. The number of halogens is 4. The van der Waals surface area contributed by atoms with E-state index in [1.54, 1.807) is 0 Å². The van der Waals surface area contributed by atoms with Gasteiger partial charge in [0.25, 0.3) is 0 Å². The lowest BCUT2D eigenvalue weighted by Crippen LogP contribution is -2.18. The zero-order valence-corrected chi connectivity index (χ0v) is 11.9. The van der Waals surface area contributed by atoms with Crippen LogP contribution in [-0.4, -0.2) is 24.4 Å². The van der Waals surface area contributed by atoms with E-state index < -0.39 is 18.1 Å². The van der Waals surface area contributed by atoms with Gasteiger partial charge in [0, 0.05) is 5.56 Å². The molecule has 0 aliphatic carbocycles. The molecule has 2 aromatic rings. The Hall–Kier alpha value is -2.28. The van der Waals surface area contributed by atoms with Gasteiger partial charge in [-0.15, -0.1) is 13.2 Å². The first-order chi connectivity index (χ1) is 10.3. The van der Waals surface area contributed by atoms with Gasteiger partial charge in [0.15, 0.2) is 0 Å². The number of ether oxygens (including phenoxy) is 2. The molecule has 1 aromatic heterocycles. The summed E-state index contributed by atoms with van der Waals surface area (Å²) in [5.74, 6) is -1.24. The van der Waals surface area contributed by atoms with Gasteiger partial charge in [0.2, 0.25) is 0 Å². The molecular weight excluding hydrogens is 323 g/mol. The van der Waals surface area contributed by atoms with E-state index in [1.165, 1.54) is 30.3 Å². The van der Waals surface area contributed by atoms with Crippen molar-refractivity contribution in [3.63, 3.8) is 0 Å². The first-order valence-electron chi connectivity index (χ1n) is 5.92. The zero-order valence-electron chi connectivity index (χ0n) is 11.1. The van der Waals surface area contributed by atoms with Gasteiger partial charge in [-0.05, 0) is 24.3 Å². The van der Waals surface area contributed by atoms with Gasteiger partial charge in [-0.1, -0.05) is 23.7 Å². The van der Waals surface area contributed by atoms with Crippen molar-refractivity contribution < 1.29 is 27.4 Å². The van der Waals surface area contributed by atoms with Crippen LogP contribution in [0, 0.1) is 0 Å². The number of hydrogen-bond acceptors (Lipinski definition) is 4. The van der Waals surface area contributed by atoms with Gasteiger partial charge in [-0.3, -0.25) is 0 Å². The fraction of sp³-hybridized carbons (Fsp3) is 0.143. The number of nitrogens with zero attached hydrogens (tertiary/aromatic N) is 1. The second-order valence-electron chi connectivity index (χ2n) is 4.07. The van der Waals surface area contributed by atoms with Crippen molar-refractivity contribution in [1.29, 1.82) is 0 Å². The average molecular weight is 332 g/mol. The fourth-order valence-electron chi connectivity index (χ4n) is 1.79. The number of alkyl halides is 3. The Morgan fingerprint density at radius 2 is 1.86 bits per heavy atom. The average Bonchev–Trinajstić information content (AvgIpc) is 2.45. The molecule has 0 saturated heterocycles. The van der Waals surface area contributed by atoms with E-state index in [-0.39, 0.29) is 22.0 Å². The third-order valence-electron chi connectivity index (χ3n) is 2.63. The van der Waals surface area contributed by atoms with E-state index in [0.29, 0.717) is 0 Å². The maximum atomic E-state index is 12.5. The lowest BCUT2D eigenvalue weighted by Gasteiger charge is -2.14. The number of carbonyl (C=O) groups excluding carboxylic acids is 1. The van der Waals surface area contributed by atoms with Crippen molar-refractivity contribution in [2.45, 2.75) is 6.36 Å². The molecule has 0 amide bonds. The molecule has 4 nitrogen and oxygen atoms in total. The Kier molecular flexibility index (Phi) is 4.56. The highest BCUT2D eigenvalue weighted by Gasteiger charge is 2.32. The Morgan fingerprint density at radius 1 is 1.18 bits per heavy atom. The van der Waals surface area contributed by atoms with E-state index in [1.807, 2.05) is 0 Å². The molecule has 0 atom stereocenters. The summed E-state index contributed by atoms with van der Waals surface area (Å²) in [4.78, 5) is 15.7. The minimum Gasteiger partial charge on any atom is -0.465 e. The van der Waals surface area contributed by atoms with E-state index in [0.717, 1.165) is 13.2 Å². The Labute approximate surface area is 128 Å². The van der Waals surface area contributed by atoms with Crippen LogP contribution in [0.25, 0.3) is 11.3 Å². The molecule has 0 aliphatic rings. The number of carbonyl (C=O) groups is 1. The highest BCUT2D eigenvalue weighted by molar-refractivity contribution is 6.29. The van der Waals surface area contributed by atoms with Crippen molar-refractivity contribution in [1.82, 2.24) is 4.98 Å². The Bertz CT molecular complexity index is 704. The third kappa shape index (κ3) is 3.67. The van der Waals surface area contributed by atoms with Crippen molar-refractivity contribution >= 4 is 17.6 Å². The van der Waals surface area contributed by atoms with Gasteiger partial charge < -0.3 is 9.47 Å². The Morgan fingerprint density at radius 3 is 2.50 bits per heavy atom. The molecule has 0 fully saturated rings. The molecule has 0 saturated carbocycles. The number of methoxy groups -OCH3 is 1. The number of hydrogen-bond donors (Lipinski definition) is 0. The molecular formula is C14H9ClF3NO3. The van der Waals surface area contributed by atoms with Crippen LogP contribution in [0.5, 0.6) is 5.75 Å². The van der Waals surface area contributed by atoms with Crippen LogP contribution in [0.4, 0.5) is 13.2 Å². The van der Waals surface area contributed by atoms with Crippen LogP contribution < -0.4 is 4.74 Å². The van der Waals surface area contributed by atoms with Gasteiger partial charge in [-0.25, -0.2) is 9.78 Å². The van der Waals surface area contributed by atoms with Crippen LogP contribution in [0.2, 0.25) is 5.15 Å². The fourth-order valence-corrected chi connectivity index (χ4v) is 1.94. The summed E-state index contributed by atoms with van der Waals surface area (Å²) in [7, 11) is 1.15. The van der Waals surface area contributed by atoms with E-state index in [4.69, 9.17) is 11.6 Å². The summed E-state index contributed by atoms with van der Waals surface area (Å²) in [6.07, 6.45) is -4.87. The summed E-state index contributed by atoms with van der Waals surface area (Å²) in [6, 6.07) is 7.97. The topological polar surface area (TPSA) is 48.4 Å². The Balaban J connectivity index is 2.61. The monoisotopic (exact) mass is 331 g/mol. The van der Waals surface area contributed by atoms with Gasteiger partial charge in [0.1, 0.15) is 10.9 Å². The second kappa shape index (κ2) is 6.23. The van der Waals surface area contributed by atoms with Crippen LogP contribution >= 0.6 is 11.6 Å². The van der Waals surface area contributed by atoms with Crippen LogP contribution in [0.1, 0.15) is 10.4 Å². The molecule has 2 rings (SSSR count). The number of aromatic nitrogens is 1. The third-order valence-corrected chi connectivity index (χ3v) is 2.84. The van der Waals surface area contributed by atoms with E-state index in [2.05, 4.69) is 14.5 Å². The molecule has 1 heterocycles. The predicted octanol–water partition coefficient (Wildman–Crippen LogP) is 4.09. The van der Waals surface area contributed by atoms with Crippen molar-refractivity contribution in [3.05, 3.63) is 47.1 Å². The number of esters is 1. The number of rotatable bonds is 3. The molecule has 0 radical (unpaired) electrons. The van der Waals surface area contributed by atoms with Crippen molar-refractivity contribution in [3.8, 4) is 17.0 Å². The second-order valence-corrected chi connectivity index (χ2v) is 4.45. The molecule has 116 valence electrons. The maximum absolute atomic E-state index is 12.5. The first kappa shape index (κ1) is 16.1. The van der Waals surface area contributed by atoms with Gasteiger partial charge in [-0.2, -0.15) is 0 Å². The molecule has 0 spiro atoms. The quantitative estimate of drug-likeness (QED) is 0.628.